The number of rotatable bonds is 2. The van der Waals surface area contributed by atoms with Crippen molar-refractivity contribution in [1.29, 1.82) is 0 Å². The number of nitrogens with one attached hydrogen (secondary N) is 1. The number of aromatic amines is 1. The van der Waals surface area contributed by atoms with Crippen molar-refractivity contribution in [3.8, 4) is 0 Å². The van der Waals surface area contributed by atoms with Gasteiger partial charge in [0.2, 0.25) is 0 Å². The van der Waals surface area contributed by atoms with E-state index in [0.29, 0.717) is 18.9 Å². The van der Waals surface area contributed by atoms with Crippen molar-refractivity contribution in [1.82, 2.24) is 15.0 Å². The number of imidazole rings is 1. The van der Waals surface area contributed by atoms with E-state index in [0.717, 1.165) is 24.7 Å². The Kier molecular flexibility index (Phi) is 3.57. The van der Waals surface area contributed by atoms with Gasteiger partial charge in [-0.1, -0.05) is 6.07 Å². The van der Waals surface area contributed by atoms with E-state index in [1.165, 1.54) is 6.07 Å². The summed E-state index contributed by atoms with van der Waals surface area (Å²) in [5, 5.41) is 0. The molecule has 1 aliphatic heterocycles. The van der Waals surface area contributed by atoms with E-state index in [-0.39, 0.29) is 5.92 Å². The van der Waals surface area contributed by atoms with Gasteiger partial charge in [-0.15, -0.1) is 0 Å². The van der Waals surface area contributed by atoms with Gasteiger partial charge in [0.1, 0.15) is 17.3 Å². The minimum atomic E-state index is -4.41. The third-order valence-electron chi connectivity index (χ3n) is 3.68. The van der Waals surface area contributed by atoms with Gasteiger partial charge in [0.15, 0.2) is 0 Å². The maximum atomic E-state index is 12.7. The fourth-order valence-electron chi connectivity index (χ4n) is 2.67. The molecule has 0 saturated carbocycles. The van der Waals surface area contributed by atoms with Crippen molar-refractivity contribution in [2.75, 3.05) is 18.0 Å². The van der Waals surface area contributed by atoms with Gasteiger partial charge in [0, 0.05) is 31.4 Å². The Hall–Kier alpha value is -2.05. The van der Waals surface area contributed by atoms with Crippen molar-refractivity contribution >= 4 is 5.82 Å². The fraction of sp³-hybridized carbons (Fsp3) is 0.429. The van der Waals surface area contributed by atoms with Crippen LogP contribution in [0, 0.1) is 0 Å². The second-order valence-electron chi connectivity index (χ2n) is 5.14. The fourth-order valence-corrected chi connectivity index (χ4v) is 2.67. The van der Waals surface area contributed by atoms with Gasteiger partial charge in [0.05, 0.1) is 0 Å². The number of halogens is 3. The summed E-state index contributed by atoms with van der Waals surface area (Å²) in [5.74, 6) is 1.46. The van der Waals surface area contributed by atoms with E-state index in [1.807, 2.05) is 4.90 Å². The predicted molar refractivity (Wildman–Crippen MR) is 72.0 cm³/mol. The summed E-state index contributed by atoms with van der Waals surface area (Å²) >= 11 is 0. The van der Waals surface area contributed by atoms with Crippen LogP contribution in [0.2, 0.25) is 0 Å². The highest BCUT2D eigenvalue weighted by Gasteiger charge is 2.33. The third-order valence-corrected chi connectivity index (χ3v) is 3.68. The van der Waals surface area contributed by atoms with Crippen molar-refractivity contribution < 1.29 is 13.2 Å². The first-order chi connectivity index (χ1) is 10.0. The highest BCUT2D eigenvalue weighted by atomic mass is 19.4. The van der Waals surface area contributed by atoms with Crippen LogP contribution in [0.1, 0.15) is 30.3 Å². The number of alkyl halides is 3. The van der Waals surface area contributed by atoms with E-state index in [4.69, 9.17) is 0 Å². The molecule has 1 N–H and O–H groups in total. The molecule has 2 aromatic rings. The van der Waals surface area contributed by atoms with Gasteiger partial charge >= 0.3 is 6.18 Å². The van der Waals surface area contributed by atoms with E-state index >= 15 is 0 Å². The van der Waals surface area contributed by atoms with Gasteiger partial charge in [-0.3, -0.25) is 0 Å². The molecule has 1 aliphatic rings. The standard InChI is InChI=1S/C14H15F3N4/c15-14(16,17)11-4-1-5-12(20-11)21-8-2-3-10(9-21)13-18-6-7-19-13/h1,4-7,10H,2-3,8-9H2,(H,18,19). The van der Waals surface area contributed by atoms with Crippen LogP contribution in [0.3, 0.4) is 0 Å². The Labute approximate surface area is 120 Å². The van der Waals surface area contributed by atoms with E-state index < -0.39 is 11.9 Å². The molecule has 1 saturated heterocycles. The van der Waals surface area contributed by atoms with Gasteiger partial charge in [-0.2, -0.15) is 13.2 Å². The molecule has 1 fully saturated rings. The zero-order valence-electron chi connectivity index (χ0n) is 11.3. The minimum absolute atomic E-state index is 0.199. The normalized spacial score (nSPS) is 19.8. The molecule has 0 bridgehead atoms. The molecule has 1 atom stereocenters. The summed E-state index contributed by atoms with van der Waals surface area (Å²) < 4.78 is 38.2. The molecule has 3 heterocycles. The monoisotopic (exact) mass is 296 g/mol. The lowest BCUT2D eigenvalue weighted by Crippen LogP contribution is -2.35. The molecule has 4 nitrogen and oxygen atoms in total. The third kappa shape index (κ3) is 3.01. The Morgan fingerprint density at radius 1 is 1.29 bits per heavy atom. The van der Waals surface area contributed by atoms with Crippen molar-refractivity contribution in [3.63, 3.8) is 0 Å². The lowest BCUT2D eigenvalue weighted by Gasteiger charge is -2.33. The van der Waals surface area contributed by atoms with E-state index in [2.05, 4.69) is 15.0 Å². The molecule has 0 aliphatic carbocycles. The number of aromatic nitrogens is 3. The highest BCUT2D eigenvalue weighted by Crippen LogP contribution is 2.31. The SMILES string of the molecule is FC(F)(F)c1cccc(N2CCCC(c3ncc[nH]3)C2)n1. The van der Waals surface area contributed by atoms with Gasteiger partial charge < -0.3 is 9.88 Å². The molecule has 21 heavy (non-hydrogen) atoms. The molecule has 112 valence electrons. The zero-order chi connectivity index (χ0) is 14.9. The number of pyridine rings is 1. The summed E-state index contributed by atoms with van der Waals surface area (Å²) in [6.45, 7) is 1.34. The predicted octanol–water partition coefficient (Wildman–Crippen LogP) is 3.21. The van der Waals surface area contributed by atoms with Gasteiger partial charge in [0.25, 0.3) is 0 Å². The van der Waals surface area contributed by atoms with Crippen molar-refractivity contribution in [2.24, 2.45) is 0 Å². The maximum absolute atomic E-state index is 12.7. The molecular formula is C14H15F3N4. The number of hydrogen-bond acceptors (Lipinski definition) is 3. The molecule has 3 rings (SSSR count). The van der Waals surface area contributed by atoms with Crippen LogP contribution in [0.15, 0.2) is 30.6 Å². The van der Waals surface area contributed by atoms with Crippen LogP contribution in [0.4, 0.5) is 19.0 Å². The average molecular weight is 296 g/mol. The molecule has 0 spiro atoms. The molecule has 7 heteroatoms. The van der Waals surface area contributed by atoms with Crippen LogP contribution in [0.5, 0.6) is 0 Å². The topological polar surface area (TPSA) is 44.8 Å². The second kappa shape index (κ2) is 5.38. The van der Waals surface area contributed by atoms with E-state index in [9.17, 15) is 13.2 Å². The Bertz CT molecular complexity index is 595. The summed E-state index contributed by atoms with van der Waals surface area (Å²) in [7, 11) is 0. The number of hydrogen-bond donors (Lipinski definition) is 1. The summed E-state index contributed by atoms with van der Waals surface area (Å²) in [6, 6.07) is 4.03. The first-order valence-corrected chi connectivity index (χ1v) is 6.82. The van der Waals surface area contributed by atoms with Gasteiger partial charge in [-0.05, 0) is 25.0 Å². The van der Waals surface area contributed by atoms with E-state index in [1.54, 1.807) is 18.5 Å². The van der Waals surface area contributed by atoms with Crippen LogP contribution < -0.4 is 4.90 Å². The molecular weight excluding hydrogens is 281 g/mol. The first kappa shape index (κ1) is 13.9. The average Bonchev–Trinajstić information content (AvgIpc) is 3.01. The summed E-state index contributed by atoms with van der Waals surface area (Å²) in [6.07, 6.45) is 0.923. The van der Waals surface area contributed by atoms with Crippen molar-refractivity contribution in [2.45, 2.75) is 24.9 Å². The second-order valence-corrected chi connectivity index (χ2v) is 5.14. The molecule has 0 radical (unpaired) electrons. The Morgan fingerprint density at radius 3 is 2.86 bits per heavy atom. The smallest absolute Gasteiger partial charge is 0.356 e. The van der Waals surface area contributed by atoms with Gasteiger partial charge in [-0.25, -0.2) is 9.97 Å². The quantitative estimate of drug-likeness (QED) is 0.925. The Morgan fingerprint density at radius 2 is 2.14 bits per heavy atom. The van der Waals surface area contributed by atoms with Crippen LogP contribution in [0.25, 0.3) is 0 Å². The number of anilines is 1. The molecule has 2 aromatic heterocycles. The number of H-pyrrole nitrogens is 1. The largest absolute Gasteiger partial charge is 0.433 e. The highest BCUT2D eigenvalue weighted by molar-refractivity contribution is 5.41. The Balaban J connectivity index is 1.80. The molecule has 1 unspecified atom stereocenters. The lowest BCUT2D eigenvalue weighted by atomic mass is 9.97. The molecule has 0 aromatic carbocycles. The van der Waals surface area contributed by atoms with Crippen LogP contribution in [-0.2, 0) is 6.18 Å². The first-order valence-electron chi connectivity index (χ1n) is 6.82. The van der Waals surface area contributed by atoms with Crippen LogP contribution >= 0.6 is 0 Å². The molecule has 0 amide bonds. The van der Waals surface area contributed by atoms with Crippen molar-refractivity contribution in [3.05, 3.63) is 42.1 Å². The maximum Gasteiger partial charge on any atom is 0.433 e. The zero-order valence-corrected chi connectivity index (χ0v) is 11.3. The summed E-state index contributed by atoms with van der Waals surface area (Å²) in [4.78, 5) is 13.0. The number of nitrogens with zero attached hydrogens (tertiary/aromatic N) is 3. The van der Waals surface area contributed by atoms with Crippen LogP contribution in [-0.4, -0.2) is 28.0 Å². The number of piperidine rings is 1. The summed E-state index contributed by atoms with van der Waals surface area (Å²) in [5.41, 5.74) is -0.847. The lowest BCUT2D eigenvalue weighted by molar-refractivity contribution is -0.141. The minimum Gasteiger partial charge on any atom is -0.356 e.